The molecular weight excluding hydrogens is 340 g/mol. The molecule has 0 unspecified atom stereocenters. The minimum absolute atomic E-state index is 0.224. The first-order valence-corrected chi connectivity index (χ1v) is 8.83. The maximum atomic E-state index is 12.6. The Hall–Kier alpha value is -3.08. The van der Waals surface area contributed by atoms with Gasteiger partial charge in [-0.15, -0.1) is 0 Å². The fraction of sp³-hybridized carbons (Fsp3) is 0.273. The van der Waals surface area contributed by atoms with Crippen LogP contribution >= 0.6 is 0 Å². The molecule has 0 aliphatic carbocycles. The van der Waals surface area contributed by atoms with Gasteiger partial charge >= 0.3 is 5.97 Å². The van der Waals surface area contributed by atoms with Gasteiger partial charge in [0.2, 0.25) is 5.78 Å². The minimum atomic E-state index is -0.874. The van der Waals surface area contributed by atoms with Crippen LogP contribution in [-0.4, -0.2) is 27.8 Å². The van der Waals surface area contributed by atoms with Crippen molar-refractivity contribution in [1.29, 1.82) is 0 Å². The van der Waals surface area contributed by atoms with Gasteiger partial charge in [-0.2, -0.15) is 0 Å². The normalized spacial score (nSPS) is 12.0. The van der Waals surface area contributed by atoms with Crippen molar-refractivity contribution >= 4 is 22.8 Å². The lowest BCUT2D eigenvalue weighted by molar-refractivity contribution is 0.0319. The number of rotatable bonds is 4. The molecule has 0 aliphatic rings. The fourth-order valence-electron chi connectivity index (χ4n) is 2.77. The number of hydrogen-bond acceptors (Lipinski definition) is 5. The fourth-order valence-corrected chi connectivity index (χ4v) is 2.77. The van der Waals surface area contributed by atoms with Crippen molar-refractivity contribution in [3.63, 3.8) is 0 Å². The lowest BCUT2D eigenvalue weighted by Crippen LogP contribution is -2.24. The van der Waals surface area contributed by atoms with Gasteiger partial charge in [0.05, 0.1) is 28.0 Å². The summed E-state index contributed by atoms with van der Waals surface area (Å²) >= 11 is 0. The van der Waals surface area contributed by atoms with Crippen LogP contribution in [0.4, 0.5) is 0 Å². The van der Waals surface area contributed by atoms with Gasteiger partial charge < -0.3 is 4.74 Å². The van der Waals surface area contributed by atoms with Gasteiger partial charge in [-0.1, -0.05) is 12.1 Å². The SMILES string of the molecule is Cc1ccc(C(=O)[C@H](C)OC(=O)c2ccc3nc(C)c(C)nc3c2)cc1C. The second-order valence-electron chi connectivity index (χ2n) is 6.81. The number of ketones is 1. The number of Topliss-reactive ketones (excluding diaryl/α,β-unsaturated/α-hetero) is 1. The van der Waals surface area contributed by atoms with Crippen LogP contribution in [0.1, 0.15) is 50.2 Å². The number of esters is 1. The number of carbonyl (C=O) groups excluding carboxylic acids is 2. The number of benzene rings is 2. The predicted octanol–water partition coefficient (Wildman–Crippen LogP) is 4.29. The lowest BCUT2D eigenvalue weighted by atomic mass is 10.0. The lowest BCUT2D eigenvalue weighted by Gasteiger charge is -2.13. The van der Waals surface area contributed by atoms with Crippen LogP contribution in [0.15, 0.2) is 36.4 Å². The molecular formula is C22H22N2O3. The van der Waals surface area contributed by atoms with Crippen LogP contribution in [0.5, 0.6) is 0 Å². The van der Waals surface area contributed by atoms with E-state index in [0.29, 0.717) is 22.2 Å². The highest BCUT2D eigenvalue weighted by atomic mass is 16.5. The minimum Gasteiger partial charge on any atom is -0.451 e. The number of ether oxygens (including phenoxy) is 1. The summed E-state index contributed by atoms with van der Waals surface area (Å²) in [5, 5.41) is 0. The average molecular weight is 362 g/mol. The van der Waals surface area contributed by atoms with Gasteiger partial charge in [0.15, 0.2) is 6.10 Å². The maximum Gasteiger partial charge on any atom is 0.338 e. The second-order valence-corrected chi connectivity index (χ2v) is 6.81. The molecule has 27 heavy (non-hydrogen) atoms. The summed E-state index contributed by atoms with van der Waals surface area (Å²) in [5.74, 6) is -0.778. The van der Waals surface area contributed by atoms with Crippen LogP contribution in [0.2, 0.25) is 0 Å². The molecule has 5 nitrogen and oxygen atoms in total. The smallest absolute Gasteiger partial charge is 0.338 e. The van der Waals surface area contributed by atoms with Crippen molar-refractivity contribution in [2.24, 2.45) is 0 Å². The summed E-state index contributed by atoms with van der Waals surface area (Å²) in [5.41, 5.74) is 6.03. The molecule has 1 atom stereocenters. The molecule has 0 saturated heterocycles. The van der Waals surface area contributed by atoms with Crippen LogP contribution in [-0.2, 0) is 4.74 Å². The van der Waals surface area contributed by atoms with Gasteiger partial charge in [-0.05, 0) is 70.0 Å². The van der Waals surface area contributed by atoms with Gasteiger partial charge in [0.1, 0.15) is 0 Å². The highest BCUT2D eigenvalue weighted by Gasteiger charge is 2.21. The standard InChI is InChI=1S/C22H22N2O3/c1-12-6-7-17(10-13(12)2)21(25)16(5)27-22(26)18-8-9-19-20(11-18)24-15(4)14(3)23-19/h6-11,16H,1-5H3/t16-/m0/s1. The zero-order valence-corrected chi connectivity index (χ0v) is 16.2. The molecule has 0 spiro atoms. The van der Waals surface area contributed by atoms with Crippen molar-refractivity contribution in [3.05, 3.63) is 70.0 Å². The number of nitrogens with zero attached hydrogens (tertiary/aromatic N) is 2. The first kappa shape index (κ1) is 18.7. The van der Waals surface area contributed by atoms with Gasteiger partial charge in [0.25, 0.3) is 0 Å². The van der Waals surface area contributed by atoms with E-state index in [0.717, 1.165) is 22.5 Å². The van der Waals surface area contributed by atoms with Crippen LogP contribution in [0.3, 0.4) is 0 Å². The van der Waals surface area contributed by atoms with Crippen molar-refractivity contribution in [2.75, 3.05) is 0 Å². The third-order valence-corrected chi connectivity index (χ3v) is 4.76. The van der Waals surface area contributed by atoms with Gasteiger partial charge in [-0.25, -0.2) is 14.8 Å². The molecule has 138 valence electrons. The highest BCUT2D eigenvalue weighted by molar-refractivity contribution is 6.02. The highest BCUT2D eigenvalue weighted by Crippen LogP contribution is 2.17. The van der Waals surface area contributed by atoms with E-state index in [-0.39, 0.29) is 5.78 Å². The summed E-state index contributed by atoms with van der Waals surface area (Å²) in [6, 6.07) is 10.5. The van der Waals surface area contributed by atoms with Gasteiger partial charge in [0, 0.05) is 5.56 Å². The Bertz CT molecular complexity index is 1060. The number of aromatic nitrogens is 2. The van der Waals surface area contributed by atoms with Gasteiger partial charge in [-0.3, -0.25) is 4.79 Å². The van der Waals surface area contributed by atoms with Crippen molar-refractivity contribution in [3.8, 4) is 0 Å². The molecule has 0 bridgehead atoms. The number of carbonyl (C=O) groups is 2. The zero-order valence-electron chi connectivity index (χ0n) is 16.2. The monoisotopic (exact) mass is 362 g/mol. The summed E-state index contributed by atoms with van der Waals surface area (Å²) in [4.78, 5) is 34.0. The Kier molecular flexibility index (Phi) is 5.04. The Morgan fingerprint density at radius 2 is 1.44 bits per heavy atom. The van der Waals surface area contributed by atoms with E-state index in [9.17, 15) is 9.59 Å². The summed E-state index contributed by atoms with van der Waals surface area (Å²) in [6.45, 7) is 9.28. The van der Waals surface area contributed by atoms with E-state index >= 15 is 0 Å². The third-order valence-electron chi connectivity index (χ3n) is 4.76. The molecule has 0 aliphatic heterocycles. The van der Waals surface area contributed by atoms with Crippen LogP contribution < -0.4 is 0 Å². The number of aryl methyl sites for hydroxylation is 4. The Morgan fingerprint density at radius 3 is 2.11 bits per heavy atom. The average Bonchev–Trinajstić information content (AvgIpc) is 2.63. The maximum absolute atomic E-state index is 12.6. The molecule has 1 heterocycles. The number of hydrogen-bond donors (Lipinski definition) is 0. The van der Waals surface area contributed by atoms with E-state index in [1.54, 1.807) is 31.2 Å². The summed E-state index contributed by atoms with van der Waals surface area (Å²) in [7, 11) is 0. The molecule has 5 heteroatoms. The molecule has 0 saturated carbocycles. The van der Waals surface area contributed by atoms with E-state index in [1.807, 2.05) is 39.8 Å². The van der Waals surface area contributed by atoms with E-state index in [2.05, 4.69) is 9.97 Å². The molecule has 1 aromatic heterocycles. The molecule has 0 amide bonds. The first-order valence-electron chi connectivity index (χ1n) is 8.83. The summed E-state index contributed by atoms with van der Waals surface area (Å²) in [6.07, 6.45) is -0.874. The Balaban J connectivity index is 1.79. The number of fused-ring (bicyclic) bond motifs is 1. The third kappa shape index (κ3) is 3.87. The zero-order chi connectivity index (χ0) is 19.7. The molecule has 0 radical (unpaired) electrons. The predicted molar refractivity (Wildman–Crippen MR) is 104 cm³/mol. The quantitative estimate of drug-likeness (QED) is 0.511. The Morgan fingerprint density at radius 1 is 0.815 bits per heavy atom. The van der Waals surface area contributed by atoms with Crippen molar-refractivity contribution < 1.29 is 14.3 Å². The molecule has 2 aromatic carbocycles. The largest absolute Gasteiger partial charge is 0.451 e. The Labute approximate surface area is 158 Å². The van der Waals surface area contributed by atoms with Crippen LogP contribution in [0.25, 0.3) is 11.0 Å². The van der Waals surface area contributed by atoms with E-state index < -0.39 is 12.1 Å². The molecule has 0 fully saturated rings. The molecule has 3 rings (SSSR count). The summed E-state index contributed by atoms with van der Waals surface area (Å²) < 4.78 is 5.39. The first-order chi connectivity index (χ1) is 12.8. The second kappa shape index (κ2) is 7.27. The van der Waals surface area contributed by atoms with Crippen LogP contribution in [0, 0.1) is 27.7 Å². The molecule has 0 N–H and O–H groups in total. The van der Waals surface area contributed by atoms with E-state index in [1.165, 1.54) is 0 Å². The van der Waals surface area contributed by atoms with Crippen molar-refractivity contribution in [1.82, 2.24) is 9.97 Å². The van der Waals surface area contributed by atoms with Crippen molar-refractivity contribution in [2.45, 2.75) is 40.7 Å². The molecule has 3 aromatic rings. The topological polar surface area (TPSA) is 69.2 Å². The van der Waals surface area contributed by atoms with E-state index in [4.69, 9.17) is 4.74 Å².